The molecule has 0 saturated heterocycles. The van der Waals surface area contributed by atoms with Crippen molar-refractivity contribution >= 4 is 12.4 Å². The van der Waals surface area contributed by atoms with Gasteiger partial charge in [0.05, 0.1) is 11.5 Å². The Bertz CT molecular complexity index is 558. The number of benzene rings is 1. The van der Waals surface area contributed by atoms with Gasteiger partial charge in [0.15, 0.2) is 0 Å². The summed E-state index contributed by atoms with van der Waals surface area (Å²) in [6.07, 6.45) is 11.8. The molecule has 0 radical (unpaired) electrons. The fraction of sp³-hybridized carbons (Fsp3) is 0.652. The molecule has 138 valence electrons. The van der Waals surface area contributed by atoms with Crippen LogP contribution >= 0.6 is 0 Å². The molecule has 25 heavy (non-hydrogen) atoms. The third-order valence-electron chi connectivity index (χ3n) is 4.76. The van der Waals surface area contributed by atoms with Gasteiger partial charge in [-0.05, 0) is 44.1 Å². The Labute approximate surface area is 154 Å². The van der Waals surface area contributed by atoms with Gasteiger partial charge in [0, 0.05) is 18.5 Å². The van der Waals surface area contributed by atoms with Crippen molar-refractivity contribution in [3.8, 4) is 0 Å². The van der Waals surface area contributed by atoms with Crippen molar-refractivity contribution in [2.75, 3.05) is 0 Å². The minimum Gasteiger partial charge on any atom is -0.293 e. The lowest BCUT2D eigenvalue weighted by Crippen LogP contribution is -2.25. The highest BCUT2D eigenvalue weighted by atomic mass is 14.8. The zero-order valence-electron chi connectivity index (χ0n) is 16.8. The fourth-order valence-corrected chi connectivity index (χ4v) is 3.96. The zero-order chi connectivity index (χ0) is 18.3. The maximum absolute atomic E-state index is 4.97. The number of hydrogen-bond acceptors (Lipinski definition) is 2. The van der Waals surface area contributed by atoms with Gasteiger partial charge in [-0.1, -0.05) is 70.4 Å². The minimum atomic E-state index is -0.0516. The molecule has 1 unspecified atom stereocenters. The summed E-state index contributed by atoms with van der Waals surface area (Å²) in [6, 6.07) is 11.1. The summed E-state index contributed by atoms with van der Waals surface area (Å²) >= 11 is 0. The van der Waals surface area contributed by atoms with E-state index < -0.39 is 0 Å². The highest BCUT2D eigenvalue weighted by molar-refractivity contribution is 5.90. The monoisotopic (exact) mass is 340 g/mol. The lowest BCUT2D eigenvalue weighted by Gasteiger charge is -2.29. The van der Waals surface area contributed by atoms with Crippen LogP contribution in [0.1, 0.15) is 84.6 Å². The molecule has 2 heteroatoms. The van der Waals surface area contributed by atoms with Crippen molar-refractivity contribution in [2.24, 2.45) is 15.4 Å². The lowest BCUT2D eigenvalue weighted by molar-refractivity contribution is 0.288. The molecule has 0 amide bonds. The number of hydrogen-bond donors (Lipinski definition) is 0. The largest absolute Gasteiger partial charge is 0.293 e. The Kier molecular flexibility index (Phi) is 6.98. The predicted octanol–water partition coefficient (Wildman–Crippen LogP) is 6.46. The average molecular weight is 341 g/mol. The highest BCUT2D eigenvalue weighted by Gasteiger charge is 2.24. The maximum atomic E-state index is 4.97. The third-order valence-corrected chi connectivity index (χ3v) is 4.76. The summed E-state index contributed by atoms with van der Waals surface area (Å²) < 4.78 is 0. The predicted molar refractivity (Wildman–Crippen MR) is 111 cm³/mol. The summed E-state index contributed by atoms with van der Waals surface area (Å²) in [5.74, 6) is 0.169. The molecule has 1 aliphatic carbocycles. The number of nitrogens with zero attached hydrogens (tertiary/aromatic N) is 2. The molecule has 1 aromatic rings. The second kappa shape index (κ2) is 8.78. The molecule has 1 fully saturated rings. The Morgan fingerprint density at radius 1 is 0.960 bits per heavy atom. The molecule has 0 bridgehead atoms. The number of rotatable bonds is 6. The van der Waals surface area contributed by atoms with E-state index in [0.29, 0.717) is 6.04 Å². The minimum absolute atomic E-state index is 0.0516. The third kappa shape index (κ3) is 7.54. The van der Waals surface area contributed by atoms with E-state index in [9.17, 15) is 0 Å². The van der Waals surface area contributed by atoms with Crippen molar-refractivity contribution in [1.82, 2.24) is 0 Å². The molecule has 0 spiro atoms. The van der Waals surface area contributed by atoms with E-state index in [1.165, 1.54) is 37.7 Å². The quantitative estimate of drug-likeness (QED) is 0.531. The molecule has 0 aromatic heterocycles. The first-order valence-electron chi connectivity index (χ1n) is 9.89. The van der Waals surface area contributed by atoms with Gasteiger partial charge in [-0.15, -0.1) is 0 Å². The Morgan fingerprint density at radius 2 is 1.60 bits per heavy atom. The van der Waals surface area contributed by atoms with Crippen LogP contribution in [0.4, 0.5) is 0 Å². The van der Waals surface area contributed by atoms with Gasteiger partial charge in [0.25, 0.3) is 0 Å². The van der Waals surface area contributed by atoms with Crippen LogP contribution in [0.25, 0.3) is 0 Å². The van der Waals surface area contributed by atoms with Crippen molar-refractivity contribution in [3.05, 3.63) is 35.9 Å². The van der Waals surface area contributed by atoms with Crippen molar-refractivity contribution in [2.45, 2.75) is 90.6 Å². The smallest absolute Gasteiger partial charge is 0.0553 e. The first-order valence-corrected chi connectivity index (χ1v) is 9.89. The van der Waals surface area contributed by atoms with Crippen LogP contribution in [0.5, 0.6) is 0 Å². The second-order valence-corrected chi connectivity index (χ2v) is 9.35. The molecular formula is C23H36N2. The average Bonchev–Trinajstić information content (AvgIpc) is 2.54. The summed E-state index contributed by atoms with van der Waals surface area (Å²) in [5, 5.41) is 0. The standard InChI is InChI=1S/C23H36N2/c1-22(2,3)18-23(4,5)25-17-20(19-12-8-6-9-13-19)16-24-21-14-10-7-11-15-21/h6,8-9,12-13,16-17,20-21H,7,10-11,14-15,18H2,1-5H3. The lowest BCUT2D eigenvalue weighted by atomic mass is 9.82. The molecule has 2 rings (SSSR count). The molecule has 1 saturated carbocycles. The second-order valence-electron chi connectivity index (χ2n) is 9.35. The summed E-state index contributed by atoms with van der Waals surface area (Å²) in [4.78, 5) is 9.88. The van der Waals surface area contributed by atoms with Crippen LogP contribution in [0.2, 0.25) is 0 Å². The van der Waals surface area contributed by atoms with Crippen LogP contribution in [-0.2, 0) is 0 Å². The van der Waals surface area contributed by atoms with Crippen LogP contribution in [0.3, 0.4) is 0 Å². The zero-order valence-corrected chi connectivity index (χ0v) is 16.8. The van der Waals surface area contributed by atoms with E-state index in [0.717, 1.165) is 6.42 Å². The van der Waals surface area contributed by atoms with Gasteiger partial charge in [-0.2, -0.15) is 0 Å². The van der Waals surface area contributed by atoms with Gasteiger partial charge < -0.3 is 0 Å². The molecular weight excluding hydrogens is 304 g/mol. The van der Waals surface area contributed by atoms with Gasteiger partial charge in [-0.25, -0.2) is 0 Å². The molecule has 0 heterocycles. The normalized spacial score (nSPS) is 18.9. The van der Waals surface area contributed by atoms with Gasteiger partial charge in [0.2, 0.25) is 0 Å². The van der Waals surface area contributed by atoms with E-state index in [1.54, 1.807) is 0 Å². The van der Waals surface area contributed by atoms with Gasteiger partial charge in [0.1, 0.15) is 0 Å². The first-order chi connectivity index (χ1) is 11.8. The van der Waals surface area contributed by atoms with E-state index >= 15 is 0 Å². The summed E-state index contributed by atoms with van der Waals surface area (Å²) in [6.45, 7) is 11.3. The topological polar surface area (TPSA) is 24.7 Å². The first kappa shape index (κ1) is 19.9. The fourth-order valence-electron chi connectivity index (χ4n) is 3.96. The van der Waals surface area contributed by atoms with Crippen LogP contribution in [0.15, 0.2) is 40.3 Å². The summed E-state index contributed by atoms with van der Waals surface area (Å²) in [5.41, 5.74) is 1.50. The molecule has 0 N–H and O–H groups in total. The Morgan fingerprint density at radius 3 is 2.20 bits per heavy atom. The summed E-state index contributed by atoms with van der Waals surface area (Å²) in [7, 11) is 0. The molecule has 1 aromatic carbocycles. The molecule has 1 atom stereocenters. The van der Waals surface area contributed by atoms with Crippen molar-refractivity contribution < 1.29 is 0 Å². The molecule has 0 aliphatic heterocycles. The van der Waals surface area contributed by atoms with Gasteiger partial charge >= 0.3 is 0 Å². The van der Waals surface area contributed by atoms with Gasteiger partial charge in [-0.3, -0.25) is 9.98 Å². The van der Waals surface area contributed by atoms with Crippen LogP contribution in [0, 0.1) is 5.41 Å². The SMILES string of the molecule is CC(C)(C)CC(C)(C)N=CC(C=NC1CCCCC1)c1ccccc1. The number of aliphatic imine (C=N–C) groups is 2. The van der Waals surface area contributed by atoms with Crippen molar-refractivity contribution in [3.63, 3.8) is 0 Å². The van der Waals surface area contributed by atoms with Crippen LogP contribution < -0.4 is 0 Å². The molecule has 2 nitrogen and oxygen atoms in total. The van der Waals surface area contributed by atoms with Crippen LogP contribution in [-0.4, -0.2) is 24.0 Å². The Hall–Kier alpha value is -1.44. The highest BCUT2D eigenvalue weighted by Crippen LogP contribution is 2.30. The molecule has 1 aliphatic rings. The Balaban J connectivity index is 2.14. The van der Waals surface area contributed by atoms with E-state index in [1.807, 2.05) is 0 Å². The van der Waals surface area contributed by atoms with E-state index in [2.05, 4.69) is 77.4 Å². The van der Waals surface area contributed by atoms with E-state index in [4.69, 9.17) is 9.98 Å². The van der Waals surface area contributed by atoms with E-state index in [-0.39, 0.29) is 16.9 Å². The maximum Gasteiger partial charge on any atom is 0.0553 e. The van der Waals surface area contributed by atoms with Crippen molar-refractivity contribution in [1.29, 1.82) is 0 Å².